The average molecular weight is 254 g/mol. The molecule has 6 nitrogen and oxygen atoms in total. The Kier molecular flexibility index (Phi) is 5.08. The van der Waals surface area contributed by atoms with Gasteiger partial charge in [-0.15, -0.1) is 5.10 Å². The molecule has 0 radical (unpaired) electrons. The van der Waals surface area contributed by atoms with Crippen molar-refractivity contribution in [3.05, 3.63) is 23.8 Å². The summed E-state index contributed by atoms with van der Waals surface area (Å²) in [5.74, 6) is 5.82. The Morgan fingerprint density at radius 3 is 2.65 bits per heavy atom. The second-order valence-electron chi connectivity index (χ2n) is 3.32. The summed E-state index contributed by atoms with van der Waals surface area (Å²) in [5.41, 5.74) is 7.63. The fourth-order valence-corrected chi connectivity index (χ4v) is 1.91. The first-order valence-corrected chi connectivity index (χ1v) is 5.88. The van der Waals surface area contributed by atoms with Crippen LogP contribution in [0, 0.1) is 0 Å². The topological polar surface area (TPSA) is 91.7 Å². The van der Waals surface area contributed by atoms with Crippen molar-refractivity contribution in [1.29, 1.82) is 0 Å². The molecule has 0 fully saturated rings. The molecule has 17 heavy (non-hydrogen) atoms. The molecule has 94 valence electrons. The van der Waals surface area contributed by atoms with E-state index in [2.05, 4.69) is 15.1 Å². The van der Waals surface area contributed by atoms with Gasteiger partial charge in [-0.2, -0.15) is 0 Å². The van der Waals surface area contributed by atoms with E-state index >= 15 is 0 Å². The summed E-state index contributed by atoms with van der Waals surface area (Å²) in [6.45, 7) is 0. The molecular formula is C10H18N6S. The van der Waals surface area contributed by atoms with E-state index in [-0.39, 0.29) is 0 Å². The fourth-order valence-electron chi connectivity index (χ4n) is 1.36. The highest BCUT2D eigenvalue weighted by Crippen LogP contribution is 2.22. The van der Waals surface area contributed by atoms with E-state index in [1.165, 1.54) is 17.1 Å². The highest BCUT2D eigenvalue weighted by molar-refractivity contribution is 7.97. The van der Waals surface area contributed by atoms with E-state index in [1.807, 2.05) is 32.3 Å². The number of hydrazine groups is 1. The number of hydrazone groups is 1. The van der Waals surface area contributed by atoms with Gasteiger partial charge in [0.1, 0.15) is 0 Å². The number of amidine groups is 1. The van der Waals surface area contributed by atoms with Crippen LogP contribution in [0.1, 0.15) is 5.56 Å². The summed E-state index contributed by atoms with van der Waals surface area (Å²) in [5, 5.41) is 8.25. The maximum atomic E-state index is 5.90. The molecule has 0 aliphatic carbocycles. The molecule has 0 saturated heterocycles. The van der Waals surface area contributed by atoms with Crippen LogP contribution in [0.2, 0.25) is 0 Å². The van der Waals surface area contributed by atoms with Crippen LogP contribution >= 0.6 is 11.9 Å². The Labute approximate surface area is 106 Å². The molecule has 0 spiro atoms. The van der Waals surface area contributed by atoms with Gasteiger partial charge in [0.25, 0.3) is 0 Å². The van der Waals surface area contributed by atoms with Crippen LogP contribution in [0.5, 0.6) is 0 Å². The lowest BCUT2D eigenvalue weighted by Gasteiger charge is -2.12. The van der Waals surface area contributed by atoms with Crippen molar-refractivity contribution in [3.8, 4) is 0 Å². The quantitative estimate of drug-likeness (QED) is 0.200. The first kappa shape index (κ1) is 13.6. The molecular weight excluding hydrogens is 236 g/mol. The molecule has 0 unspecified atom stereocenters. The van der Waals surface area contributed by atoms with E-state index in [0.29, 0.717) is 5.84 Å². The summed E-state index contributed by atoms with van der Waals surface area (Å²) in [6, 6.07) is 5.90. The van der Waals surface area contributed by atoms with Crippen molar-refractivity contribution in [1.82, 2.24) is 9.84 Å². The van der Waals surface area contributed by atoms with Gasteiger partial charge in [-0.25, -0.2) is 11.0 Å². The maximum absolute atomic E-state index is 5.90. The number of nitrogens with one attached hydrogen (secondary N) is 2. The van der Waals surface area contributed by atoms with Crippen LogP contribution in [0.4, 0.5) is 5.69 Å². The van der Waals surface area contributed by atoms with Gasteiger partial charge in [0.2, 0.25) is 0 Å². The zero-order valence-electron chi connectivity index (χ0n) is 10.2. The molecule has 0 saturated carbocycles. The Morgan fingerprint density at radius 1 is 1.41 bits per heavy atom. The largest absolute Gasteiger partial charge is 0.388 e. The summed E-state index contributed by atoms with van der Waals surface area (Å²) < 4.78 is 3.01. The number of benzene rings is 1. The molecule has 1 aromatic carbocycles. The van der Waals surface area contributed by atoms with Crippen molar-refractivity contribution in [2.45, 2.75) is 4.90 Å². The van der Waals surface area contributed by atoms with Crippen molar-refractivity contribution in [3.63, 3.8) is 0 Å². The maximum Gasteiger partial charge on any atom is 0.154 e. The minimum absolute atomic E-state index is 0.373. The van der Waals surface area contributed by atoms with Crippen LogP contribution in [0.3, 0.4) is 0 Å². The average Bonchev–Trinajstić information content (AvgIpc) is 2.28. The lowest BCUT2D eigenvalue weighted by atomic mass is 10.1. The Balaban J connectivity index is 3.13. The standard InChI is InChI=1S/C10H18N6S/c1-13-9-5-4-7(17-14-2)6-8(9)10(11)15-16(3)12/h4-6,13-14H,12H2,1-3H3,(H2,11,15). The summed E-state index contributed by atoms with van der Waals surface area (Å²) in [4.78, 5) is 1.05. The van der Waals surface area contributed by atoms with Crippen molar-refractivity contribution in [2.24, 2.45) is 16.7 Å². The lowest BCUT2D eigenvalue weighted by molar-refractivity contribution is 0.371. The molecule has 1 rings (SSSR count). The predicted molar refractivity (Wildman–Crippen MR) is 73.6 cm³/mol. The van der Waals surface area contributed by atoms with Gasteiger partial charge in [0.05, 0.1) is 0 Å². The predicted octanol–water partition coefficient (Wildman–Crippen LogP) is 0.381. The Morgan fingerprint density at radius 2 is 2.12 bits per heavy atom. The SMILES string of the molecule is CNSc1ccc(NC)c(/C(N)=N/N(C)N)c1. The van der Waals surface area contributed by atoms with Crippen molar-refractivity contribution >= 4 is 23.5 Å². The summed E-state index contributed by atoms with van der Waals surface area (Å²) in [7, 11) is 5.32. The van der Waals surface area contributed by atoms with Gasteiger partial charge in [0, 0.05) is 30.2 Å². The molecule has 0 amide bonds. The van der Waals surface area contributed by atoms with Crippen molar-refractivity contribution in [2.75, 3.05) is 26.5 Å². The van der Waals surface area contributed by atoms with Gasteiger partial charge >= 0.3 is 0 Å². The smallest absolute Gasteiger partial charge is 0.154 e. The minimum atomic E-state index is 0.373. The number of hydrogen-bond donors (Lipinski definition) is 4. The first-order chi connectivity index (χ1) is 8.08. The van der Waals surface area contributed by atoms with Crippen molar-refractivity contribution < 1.29 is 0 Å². The van der Waals surface area contributed by atoms with E-state index in [9.17, 15) is 0 Å². The van der Waals surface area contributed by atoms with E-state index < -0.39 is 0 Å². The molecule has 0 atom stereocenters. The van der Waals surface area contributed by atoms with Crippen LogP contribution in [-0.2, 0) is 0 Å². The Hall–Kier alpha value is -1.44. The summed E-state index contributed by atoms with van der Waals surface area (Å²) in [6.07, 6.45) is 0. The molecule has 0 heterocycles. The molecule has 7 heteroatoms. The number of hydrogen-bond acceptors (Lipinski definition) is 6. The third kappa shape index (κ3) is 3.81. The number of nitrogens with zero attached hydrogens (tertiary/aromatic N) is 2. The van der Waals surface area contributed by atoms with Crippen LogP contribution in [0.15, 0.2) is 28.2 Å². The number of rotatable bonds is 5. The second kappa shape index (κ2) is 6.33. The highest BCUT2D eigenvalue weighted by Gasteiger charge is 2.07. The third-order valence-corrected chi connectivity index (χ3v) is 2.72. The van der Waals surface area contributed by atoms with Gasteiger partial charge in [-0.05, 0) is 37.2 Å². The lowest BCUT2D eigenvalue weighted by Crippen LogP contribution is -2.26. The van der Waals surface area contributed by atoms with Gasteiger partial charge in [-0.3, -0.25) is 4.72 Å². The van der Waals surface area contributed by atoms with E-state index in [4.69, 9.17) is 11.6 Å². The number of anilines is 1. The third-order valence-electron chi connectivity index (χ3n) is 2.02. The molecule has 0 aliphatic rings. The van der Waals surface area contributed by atoms with E-state index in [0.717, 1.165) is 16.1 Å². The highest BCUT2D eigenvalue weighted by atomic mass is 32.2. The fraction of sp³-hybridized carbons (Fsp3) is 0.300. The minimum Gasteiger partial charge on any atom is -0.388 e. The van der Waals surface area contributed by atoms with Gasteiger partial charge < -0.3 is 11.1 Å². The molecule has 6 N–H and O–H groups in total. The summed E-state index contributed by atoms with van der Waals surface area (Å²) >= 11 is 1.51. The zero-order chi connectivity index (χ0) is 12.8. The monoisotopic (exact) mass is 254 g/mol. The normalized spacial score (nSPS) is 11.4. The molecule has 0 aliphatic heterocycles. The number of nitrogens with two attached hydrogens (primary N) is 2. The second-order valence-corrected chi connectivity index (χ2v) is 4.41. The first-order valence-electron chi connectivity index (χ1n) is 5.06. The zero-order valence-corrected chi connectivity index (χ0v) is 11.0. The molecule has 0 aromatic heterocycles. The molecule has 1 aromatic rings. The van der Waals surface area contributed by atoms with Gasteiger partial charge in [-0.1, -0.05) is 0 Å². The van der Waals surface area contributed by atoms with Gasteiger partial charge in [0.15, 0.2) is 5.84 Å². The van der Waals surface area contributed by atoms with Crippen LogP contribution in [-0.4, -0.2) is 32.1 Å². The van der Waals surface area contributed by atoms with E-state index in [1.54, 1.807) is 7.05 Å². The van der Waals surface area contributed by atoms with Crippen LogP contribution in [0.25, 0.3) is 0 Å². The molecule has 0 bridgehead atoms. The Bertz CT molecular complexity index is 404. The van der Waals surface area contributed by atoms with Crippen LogP contribution < -0.4 is 21.6 Å².